The second kappa shape index (κ2) is 8.65. The molecule has 0 radical (unpaired) electrons. The number of methoxy groups -OCH3 is 1. The summed E-state index contributed by atoms with van der Waals surface area (Å²) in [4.78, 5) is 35.2. The second-order valence-corrected chi connectivity index (χ2v) is 7.49. The highest BCUT2D eigenvalue weighted by Crippen LogP contribution is 2.36. The number of carboxylic acids is 1. The van der Waals surface area contributed by atoms with Crippen LogP contribution in [0.1, 0.15) is 41.7 Å². The number of Topliss-reactive ketones (excluding diaryl/α,β-unsaturated/α-hetero) is 1. The Bertz CT molecular complexity index is 948. The van der Waals surface area contributed by atoms with E-state index in [-0.39, 0.29) is 17.4 Å². The molecular weight excluding hydrogens is 376 g/mol. The fourth-order valence-corrected chi connectivity index (χ4v) is 4.27. The molecule has 1 heterocycles. The van der Waals surface area contributed by atoms with Gasteiger partial charge in [-0.05, 0) is 44.2 Å². The molecule has 156 valence electrons. The van der Waals surface area contributed by atoms with Crippen molar-refractivity contribution in [2.75, 3.05) is 13.7 Å². The standard InChI is InChI=1S/C21H26N2O6/c1-12-18(20(26)21(22)27)19-15(7-4-8-16(19)29-11-17(24)25)23(12)10-13-5-3-6-14(9-13)28-2/h4,7-8,13-14H,3,5-6,9-11H2,1-2H3,(H2,22,27)(H,24,25). The van der Waals surface area contributed by atoms with Crippen molar-refractivity contribution in [1.82, 2.24) is 4.57 Å². The number of amides is 1. The molecule has 29 heavy (non-hydrogen) atoms. The number of ketones is 1. The molecule has 2 aromatic rings. The molecule has 1 amide bonds. The first-order valence-electron chi connectivity index (χ1n) is 9.66. The van der Waals surface area contributed by atoms with Gasteiger partial charge in [0, 0.05) is 19.3 Å². The molecule has 0 aliphatic heterocycles. The molecule has 3 N–H and O–H groups in total. The van der Waals surface area contributed by atoms with Gasteiger partial charge in [0.25, 0.3) is 11.7 Å². The van der Waals surface area contributed by atoms with E-state index in [4.69, 9.17) is 20.3 Å². The lowest BCUT2D eigenvalue weighted by atomic mass is 9.87. The fraction of sp³-hybridized carbons (Fsp3) is 0.476. The number of nitrogens with zero attached hydrogens (tertiary/aromatic N) is 1. The number of carboxylic acid groups (broad SMARTS) is 1. The van der Waals surface area contributed by atoms with Gasteiger partial charge in [0.2, 0.25) is 0 Å². The molecule has 1 aliphatic rings. The van der Waals surface area contributed by atoms with E-state index in [0.29, 0.717) is 23.5 Å². The molecule has 8 heteroatoms. The number of aliphatic carboxylic acids is 1. The third kappa shape index (κ3) is 4.27. The largest absolute Gasteiger partial charge is 0.481 e. The van der Waals surface area contributed by atoms with Crippen LogP contribution in [0.5, 0.6) is 5.75 Å². The van der Waals surface area contributed by atoms with Crippen LogP contribution in [0.3, 0.4) is 0 Å². The molecule has 0 spiro atoms. The molecule has 2 unspecified atom stereocenters. The van der Waals surface area contributed by atoms with Gasteiger partial charge in [-0.1, -0.05) is 12.5 Å². The van der Waals surface area contributed by atoms with Crippen LogP contribution >= 0.6 is 0 Å². The van der Waals surface area contributed by atoms with E-state index < -0.39 is 24.3 Å². The van der Waals surface area contributed by atoms with E-state index >= 15 is 0 Å². The van der Waals surface area contributed by atoms with Crippen molar-refractivity contribution in [2.45, 2.75) is 45.3 Å². The zero-order valence-electron chi connectivity index (χ0n) is 16.6. The van der Waals surface area contributed by atoms with Crippen LogP contribution in [0.2, 0.25) is 0 Å². The Morgan fingerprint density at radius 2 is 2.03 bits per heavy atom. The predicted octanol–water partition coefficient (Wildman–Crippen LogP) is 2.29. The molecule has 8 nitrogen and oxygen atoms in total. The topological polar surface area (TPSA) is 121 Å². The van der Waals surface area contributed by atoms with Crippen molar-refractivity contribution in [3.05, 3.63) is 29.5 Å². The van der Waals surface area contributed by atoms with Crippen molar-refractivity contribution < 1.29 is 29.0 Å². The average Bonchev–Trinajstić information content (AvgIpc) is 2.98. The van der Waals surface area contributed by atoms with Gasteiger partial charge in [0.05, 0.1) is 22.6 Å². The predicted molar refractivity (Wildman–Crippen MR) is 106 cm³/mol. The SMILES string of the molecule is COC1CCCC(Cn2c(C)c(C(=O)C(N)=O)c3c(OCC(=O)O)cccc32)C1. The number of benzene rings is 1. The Labute approximate surface area is 168 Å². The molecular formula is C21H26N2O6. The zero-order valence-corrected chi connectivity index (χ0v) is 16.6. The van der Waals surface area contributed by atoms with E-state index in [1.165, 1.54) is 0 Å². The van der Waals surface area contributed by atoms with E-state index in [1.54, 1.807) is 26.2 Å². The Morgan fingerprint density at radius 1 is 1.28 bits per heavy atom. The molecule has 3 rings (SSSR count). The molecule has 1 aromatic heterocycles. The van der Waals surface area contributed by atoms with E-state index in [9.17, 15) is 14.4 Å². The fourth-order valence-electron chi connectivity index (χ4n) is 4.27. The summed E-state index contributed by atoms with van der Waals surface area (Å²) in [6.45, 7) is 1.89. The Kier molecular flexibility index (Phi) is 6.22. The molecule has 0 saturated heterocycles. The van der Waals surface area contributed by atoms with Gasteiger partial charge < -0.3 is 24.9 Å². The highest BCUT2D eigenvalue weighted by Gasteiger charge is 2.28. The Balaban J connectivity index is 2.09. The molecule has 2 atom stereocenters. The number of carbonyl (C=O) groups is 3. The van der Waals surface area contributed by atoms with Crippen LogP contribution in [-0.2, 0) is 20.9 Å². The average molecular weight is 402 g/mol. The van der Waals surface area contributed by atoms with E-state index in [1.807, 2.05) is 10.6 Å². The van der Waals surface area contributed by atoms with E-state index in [2.05, 4.69) is 0 Å². The first-order chi connectivity index (χ1) is 13.8. The zero-order chi connectivity index (χ0) is 21.1. The maximum atomic E-state index is 12.6. The van der Waals surface area contributed by atoms with Crippen LogP contribution in [0.4, 0.5) is 0 Å². The number of aromatic nitrogens is 1. The summed E-state index contributed by atoms with van der Waals surface area (Å²) in [6.07, 6.45) is 4.30. The number of rotatable bonds is 8. The minimum Gasteiger partial charge on any atom is -0.481 e. The summed E-state index contributed by atoms with van der Waals surface area (Å²) < 4.78 is 12.9. The van der Waals surface area contributed by atoms with Crippen LogP contribution in [0, 0.1) is 12.8 Å². The summed E-state index contributed by atoms with van der Waals surface area (Å²) >= 11 is 0. The minimum absolute atomic E-state index is 0.174. The molecule has 1 aliphatic carbocycles. The van der Waals surface area contributed by atoms with Gasteiger partial charge in [-0.2, -0.15) is 0 Å². The first-order valence-corrected chi connectivity index (χ1v) is 9.66. The summed E-state index contributed by atoms with van der Waals surface area (Å²) in [5, 5.41) is 9.38. The van der Waals surface area contributed by atoms with Crippen LogP contribution in [0.15, 0.2) is 18.2 Å². The lowest BCUT2D eigenvalue weighted by Gasteiger charge is -2.29. The number of fused-ring (bicyclic) bond motifs is 1. The van der Waals surface area contributed by atoms with Crippen molar-refractivity contribution in [3.8, 4) is 5.75 Å². The second-order valence-electron chi connectivity index (χ2n) is 7.49. The highest BCUT2D eigenvalue weighted by molar-refractivity contribution is 6.45. The monoisotopic (exact) mass is 402 g/mol. The maximum Gasteiger partial charge on any atom is 0.341 e. The third-order valence-electron chi connectivity index (χ3n) is 5.62. The lowest BCUT2D eigenvalue weighted by molar-refractivity contribution is -0.139. The Hall–Kier alpha value is -2.87. The Morgan fingerprint density at radius 3 is 2.69 bits per heavy atom. The molecule has 1 fully saturated rings. The van der Waals surface area contributed by atoms with Gasteiger partial charge in [0.15, 0.2) is 6.61 Å². The molecule has 0 bridgehead atoms. The smallest absolute Gasteiger partial charge is 0.341 e. The van der Waals surface area contributed by atoms with Gasteiger partial charge in [-0.15, -0.1) is 0 Å². The normalized spacial score (nSPS) is 19.2. The highest BCUT2D eigenvalue weighted by atomic mass is 16.5. The summed E-state index contributed by atoms with van der Waals surface area (Å²) in [7, 11) is 1.72. The van der Waals surface area contributed by atoms with Crippen molar-refractivity contribution in [3.63, 3.8) is 0 Å². The van der Waals surface area contributed by atoms with Crippen molar-refractivity contribution in [2.24, 2.45) is 11.7 Å². The van der Waals surface area contributed by atoms with Gasteiger partial charge in [-0.25, -0.2) is 4.79 Å². The van der Waals surface area contributed by atoms with Crippen molar-refractivity contribution in [1.29, 1.82) is 0 Å². The van der Waals surface area contributed by atoms with Gasteiger partial charge in [-0.3, -0.25) is 9.59 Å². The number of primary amides is 1. The molecule has 1 saturated carbocycles. The first kappa shape index (κ1) is 20.9. The van der Waals surface area contributed by atoms with Gasteiger partial charge >= 0.3 is 5.97 Å². The third-order valence-corrected chi connectivity index (χ3v) is 5.62. The van der Waals surface area contributed by atoms with E-state index in [0.717, 1.165) is 31.2 Å². The number of nitrogens with two attached hydrogens (primary N) is 1. The van der Waals surface area contributed by atoms with Crippen LogP contribution in [-0.4, -0.2) is 47.2 Å². The number of hydrogen-bond donors (Lipinski definition) is 2. The minimum atomic E-state index is -1.13. The summed E-state index contributed by atoms with van der Waals surface area (Å²) in [5.74, 6) is -2.39. The van der Waals surface area contributed by atoms with Crippen molar-refractivity contribution >= 4 is 28.6 Å². The van der Waals surface area contributed by atoms with Crippen LogP contribution in [0.25, 0.3) is 10.9 Å². The summed E-state index contributed by atoms with van der Waals surface area (Å²) in [6, 6.07) is 5.17. The summed E-state index contributed by atoms with van der Waals surface area (Å²) in [5.41, 5.74) is 6.79. The maximum absolute atomic E-state index is 12.6. The number of carbonyl (C=O) groups excluding carboxylic acids is 2. The molecule has 1 aromatic carbocycles. The van der Waals surface area contributed by atoms with Gasteiger partial charge in [0.1, 0.15) is 5.75 Å². The number of hydrogen-bond acceptors (Lipinski definition) is 5. The van der Waals surface area contributed by atoms with Crippen LogP contribution < -0.4 is 10.5 Å². The quantitative estimate of drug-likeness (QED) is 0.516. The lowest BCUT2D eigenvalue weighted by Crippen LogP contribution is -2.26. The number of ether oxygens (including phenoxy) is 2.